The third-order valence-corrected chi connectivity index (χ3v) is 36.4. The van der Waals surface area contributed by atoms with E-state index >= 15 is 0 Å². The highest BCUT2D eigenvalue weighted by atomic mass is 32.2. The number of alkyl halides is 18. The van der Waals surface area contributed by atoms with E-state index in [9.17, 15) is 148 Å². The van der Waals surface area contributed by atoms with Gasteiger partial charge >= 0.3 is 85.6 Å². The molecule has 0 aliphatic carbocycles. The molecule has 22 nitrogen and oxygen atoms in total. The summed E-state index contributed by atoms with van der Waals surface area (Å²) in [4.78, 5) is 18.8. The number of aliphatic hydroxyl groups excluding tert-OH is 1. The van der Waals surface area contributed by atoms with Crippen molar-refractivity contribution in [2.75, 3.05) is 31.3 Å². The molecule has 0 radical (unpaired) electrons. The average molecular weight is 2270 g/mol. The van der Waals surface area contributed by atoms with E-state index in [4.69, 9.17) is 14.6 Å². The minimum Gasteiger partial charge on any atom is -0.743 e. The van der Waals surface area contributed by atoms with Crippen LogP contribution in [0.3, 0.4) is 0 Å². The van der Waals surface area contributed by atoms with E-state index < -0.39 is 139 Å². The second-order valence-corrected chi connectivity index (χ2v) is 48.7. The first kappa shape index (κ1) is 123. The van der Waals surface area contributed by atoms with E-state index in [1.54, 1.807) is 39.5 Å². The Morgan fingerprint density at radius 2 is 0.703 bits per heavy atom. The van der Waals surface area contributed by atoms with Crippen LogP contribution in [0.15, 0.2) is 293 Å². The lowest BCUT2D eigenvalue weighted by Crippen LogP contribution is -2.61. The van der Waals surface area contributed by atoms with Gasteiger partial charge in [0, 0.05) is 55.9 Å². The van der Waals surface area contributed by atoms with E-state index in [2.05, 4.69) is 220 Å². The van der Waals surface area contributed by atoms with Gasteiger partial charge in [-0.05, 0) is 220 Å². The summed E-state index contributed by atoms with van der Waals surface area (Å²) < 4.78 is 427. The van der Waals surface area contributed by atoms with Crippen molar-refractivity contribution in [1.29, 1.82) is 0 Å². The molecule has 0 amide bonds. The van der Waals surface area contributed by atoms with Crippen molar-refractivity contribution in [3.8, 4) is 27.9 Å². The molecule has 0 saturated carbocycles. The summed E-state index contributed by atoms with van der Waals surface area (Å²) in [5.74, 6) is -20.9. The third-order valence-electron chi connectivity index (χ3n) is 22.7. The maximum Gasteiger partial charge on any atom is 0.450 e. The lowest BCUT2D eigenvalue weighted by atomic mass is 9.91. The molecule has 1 fully saturated rings. The smallest absolute Gasteiger partial charge is 0.450 e. The first-order valence-corrected chi connectivity index (χ1v) is 57.1. The minimum atomic E-state index is -7.38. The molecule has 1 saturated heterocycles. The Morgan fingerprint density at radius 1 is 0.385 bits per heavy atom. The SMILES string of the molecule is CCC(C)(C)C(=O)OCCc1ccc(OS(=O)(=O)C(F)(F)C(F)(F)C(F)(F)S(=O)(=O)[O-])cc1.CCC(C)c1ccc(OS(=O)(=O)C(F)(F)C(F)(F)C(F)(F)S(=O)(=O)[O-])cc1.CCC(C)c1ccc(OS(=O)(=O)C(F)(F)C(F)(F)C(F)(F)S(=O)(=O)[O-])cc1.CCCCOc1ccc([S+]2CCCC2)c2ccccc12.OCCc1ccc(-[s+]2c3ccccc3c3ccccc32)cc1.c1ccc([S+](c2ccccc2)c2ccccc2)cc1. The number of hydrogen-bond acceptors (Lipinski definition) is 22. The Bertz CT molecular complexity index is 6880. The van der Waals surface area contributed by atoms with Gasteiger partial charge in [-0.1, -0.05) is 194 Å². The summed E-state index contributed by atoms with van der Waals surface area (Å²) in [6.07, 6.45) is 7.71. The van der Waals surface area contributed by atoms with E-state index in [0.29, 0.717) is 59.0 Å². The zero-order chi connectivity index (χ0) is 111. The van der Waals surface area contributed by atoms with Crippen molar-refractivity contribution in [2.24, 2.45) is 5.41 Å². The van der Waals surface area contributed by atoms with Crippen LogP contribution in [0, 0.1) is 5.41 Å². The number of rotatable bonds is 38. The van der Waals surface area contributed by atoms with E-state index in [-0.39, 0.29) is 52.8 Å². The van der Waals surface area contributed by atoms with Crippen molar-refractivity contribution in [3.05, 3.63) is 295 Å². The van der Waals surface area contributed by atoms with Gasteiger partial charge < -0.3 is 40.8 Å². The number of hydrogen-bond donors (Lipinski definition) is 1. The van der Waals surface area contributed by atoms with Gasteiger partial charge in [-0.2, -0.15) is 104 Å². The van der Waals surface area contributed by atoms with E-state index in [1.165, 1.54) is 111 Å². The maximum atomic E-state index is 13.7. The summed E-state index contributed by atoms with van der Waals surface area (Å²) in [6, 6.07) is 83.3. The van der Waals surface area contributed by atoms with Crippen molar-refractivity contribution < 1.29 is 175 Å². The number of aliphatic hydroxyl groups is 1. The Balaban J connectivity index is 0.000000218. The largest absolute Gasteiger partial charge is 0.743 e. The highest BCUT2D eigenvalue weighted by Crippen LogP contribution is 2.56. The number of unbranched alkanes of at least 4 members (excludes halogenated alkanes) is 1. The zero-order valence-electron chi connectivity index (χ0n) is 79.5. The van der Waals surface area contributed by atoms with Crippen molar-refractivity contribution >= 4 is 130 Å². The summed E-state index contributed by atoms with van der Waals surface area (Å²) in [7, 11) is -42.1. The standard InChI is InChI=1S/C20H17OS.C18H23OS.C18H15S.C17H20F6O8S2.2C13H14F6O6S2/c21-14-13-15-9-11-16(12-10-15)22-19-7-3-1-5-17(19)18-6-2-4-8-20(18)22;1-2-3-12-19-17-10-11-18(20-13-6-7-14-20)16-9-5-4-8-15(16)17;1-4-10-16(11-5-1)19(17-12-6-2-7-13-17)18-14-8-3-9-15-18;1-4-14(2,3)13(24)30-10-9-11-5-7-12(8-6-11)31-33(28,29)17(22,23)15(18,19)16(20,21)32(25,26)27;2*1-3-8(2)9-4-6-10(7-5-9)25-27(23,24)13(18,19)11(14,15)12(16,17)26(20,21)22/h1-12,21H,13-14H2;4-5,8-11H,2-3,6-7,12-14H2,1H3;1-15H;5-8H,4,9-10H2,1-3H3,(H,25,26,27);2*4-8H,3H2,1-2H3,(H,20,21,22)/q3*+1;;;/p-3. The first-order valence-electron chi connectivity index (χ1n) is 44.6. The number of fused-ring (bicyclic) bond motifs is 4. The van der Waals surface area contributed by atoms with Gasteiger partial charge in [0.05, 0.1) is 29.5 Å². The lowest BCUT2D eigenvalue weighted by molar-refractivity contribution is -0.247. The predicted molar refractivity (Wildman–Crippen MR) is 524 cm³/mol. The fourth-order valence-corrected chi connectivity index (χ4v) is 24.6. The van der Waals surface area contributed by atoms with Crippen molar-refractivity contribution in [1.82, 2.24) is 0 Å². The topological polar surface area (TPSA) is 357 Å². The Kier molecular flexibility index (Phi) is 41.3. The number of halogens is 18. The Hall–Kier alpha value is -10.5. The van der Waals surface area contributed by atoms with Crippen LogP contribution < -0.4 is 17.3 Å². The second-order valence-electron chi connectivity index (χ2n) is 33.4. The Morgan fingerprint density at radius 3 is 1.03 bits per heavy atom. The van der Waals surface area contributed by atoms with Gasteiger partial charge in [-0.15, -0.1) is 0 Å². The molecule has 1 N–H and O–H groups in total. The number of ether oxygens (including phenoxy) is 2. The van der Waals surface area contributed by atoms with Crippen LogP contribution in [0.5, 0.6) is 23.0 Å². The van der Waals surface area contributed by atoms with Crippen molar-refractivity contribution in [2.45, 2.75) is 194 Å². The molecular formula is C99H100F18O22S9. The number of carbonyl (C=O) groups is 1. The van der Waals surface area contributed by atoms with E-state index in [1.807, 2.05) is 13.8 Å². The van der Waals surface area contributed by atoms with Crippen LogP contribution >= 0.6 is 10.5 Å². The molecule has 0 bridgehead atoms. The quantitative estimate of drug-likeness (QED) is 0.00938. The number of thiophene rings is 1. The molecule has 12 aromatic rings. The zero-order valence-corrected chi connectivity index (χ0v) is 86.9. The summed E-state index contributed by atoms with van der Waals surface area (Å²) in [5.41, 5.74) is 2.05. The van der Waals surface area contributed by atoms with Crippen LogP contribution in [0.1, 0.15) is 134 Å². The molecule has 1 aliphatic heterocycles. The molecule has 808 valence electrons. The normalized spacial score (nSPS) is 14.0. The molecule has 148 heavy (non-hydrogen) atoms. The average Bonchev–Trinajstić information content (AvgIpc) is 1.13. The number of esters is 1. The molecule has 49 heteroatoms. The number of carbonyl (C=O) groups excluding carboxylic acids is 1. The van der Waals surface area contributed by atoms with Gasteiger partial charge in [0.25, 0.3) is 0 Å². The van der Waals surface area contributed by atoms with Gasteiger partial charge in [0.15, 0.2) is 64.2 Å². The third kappa shape index (κ3) is 27.9. The van der Waals surface area contributed by atoms with Crippen LogP contribution in [-0.2, 0) is 105 Å². The molecule has 1 aliphatic rings. The monoisotopic (exact) mass is 2270 g/mol. The Labute approximate surface area is 852 Å². The predicted octanol–water partition coefficient (Wildman–Crippen LogP) is 24.7. The van der Waals surface area contributed by atoms with Gasteiger partial charge in [0.2, 0.25) is 0 Å². The molecule has 13 rings (SSSR count). The van der Waals surface area contributed by atoms with Crippen LogP contribution in [0.25, 0.3) is 35.8 Å². The highest BCUT2D eigenvalue weighted by Gasteiger charge is 2.84. The molecule has 0 spiro atoms. The molecular weight excluding hydrogens is 2170 g/mol. The van der Waals surface area contributed by atoms with Crippen LogP contribution in [0.2, 0.25) is 0 Å². The number of benzene rings is 11. The van der Waals surface area contributed by atoms with E-state index in [0.717, 1.165) is 61.6 Å². The summed E-state index contributed by atoms with van der Waals surface area (Å²) in [6.45, 7) is 15.4. The van der Waals surface area contributed by atoms with Crippen LogP contribution in [0.4, 0.5) is 79.0 Å². The molecule has 1 aromatic heterocycles. The van der Waals surface area contributed by atoms with Gasteiger partial charge in [-0.25, -0.2) is 25.3 Å². The fraction of sp³-hybridized carbons (Fsp3) is 0.343. The molecule has 2 unspecified atom stereocenters. The minimum absolute atomic E-state index is 0.0146. The van der Waals surface area contributed by atoms with Crippen LogP contribution in [-0.4, -0.2) is 156 Å². The maximum absolute atomic E-state index is 13.7. The second kappa shape index (κ2) is 49.8. The summed E-state index contributed by atoms with van der Waals surface area (Å²) in [5, 5.41) is -26.6. The van der Waals surface area contributed by atoms with Gasteiger partial charge in [-0.3, -0.25) is 4.79 Å². The molecule has 2 heterocycles. The first-order chi connectivity index (χ1) is 68.7. The molecule has 2 atom stereocenters. The molecule has 11 aromatic carbocycles. The lowest BCUT2D eigenvalue weighted by Gasteiger charge is -2.32. The van der Waals surface area contributed by atoms with Crippen molar-refractivity contribution in [3.63, 3.8) is 0 Å². The van der Waals surface area contributed by atoms with Gasteiger partial charge in [0.1, 0.15) is 34.5 Å². The highest BCUT2D eigenvalue weighted by molar-refractivity contribution is 7.97. The fourth-order valence-electron chi connectivity index (χ4n) is 13.4. The summed E-state index contributed by atoms with van der Waals surface area (Å²) >= 11 is 0.